The van der Waals surface area contributed by atoms with E-state index in [1.807, 2.05) is 0 Å². The first kappa shape index (κ1) is 13.0. The van der Waals surface area contributed by atoms with Crippen molar-refractivity contribution in [2.24, 2.45) is 5.73 Å². The van der Waals surface area contributed by atoms with Gasteiger partial charge in [0, 0.05) is 5.56 Å². The summed E-state index contributed by atoms with van der Waals surface area (Å²) < 4.78 is 20.1. The van der Waals surface area contributed by atoms with Crippen molar-refractivity contribution in [2.45, 2.75) is 6.54 Å². The average molecular weight is 286 g/mol. The Morgan fingerprint density at radius 3 is 2.86 bits per heavy atom. The fourth-order valence-electron chi connectivity index (χ4n) is 1.99. The lowest BCUT2D eigenvalue weighted by molar-refractivity contribution is 0.0995. The maximum Gasteiger partial charge on any atom is 0.269 e. The second-order valence-electron chi connectivity index (χ2n) is 4.40. The van der Waals surface area contributed by atoms with Gasteiger partial charge in [-0.25, -0.2) is 9.37 Å². The molecule has 0 spiro atoms. The van der Waals surface area contributed by atoms with E-state index in [4.69, 9.17) is 10.2 Å². The number of primary amides is 1. The van der Waals surface area contributed by atoms with E-state index >= 15 is 0 Å². The summed E-state index contributed by atoms with van der Waals surface area (Å²) in [5.74, 6) is -1.01. The van der Waals surface area contributed by atoms with E-state index in [1.54, 1.807) is 18.2 Å². The number of aromatic nitrogens is 3. The molecular weight excluding hydrogens is 275 g/mol. The number of carbonyl (C=O) groups is 1. The molecule has 21 heavy (non-hydrogen) atoms. The summed E-state index contributed by atoms with van der Waals surface area (Å²) >= 11 is 0. The van der Waals surface area contributed by atoms with Gasteiger partial charge in [0.15, 0.2) is 12.1 Å². The van der Waals surface area contributed by atoms with Crippen LogP contribution in [0.5, 0.6) is 0 Å². The Balaban J connectivity index is 2.05. The Morgan fingerprint density at radius 2 is 2.19 bits per heavy atom. The Bertz CT molecular complexity index is 780. The number of nitrogens with zero attached hydrogens (tertiary/aromatic N) is 3. The number of hydrogen-bond donors (Lipinski definition) is 1. The molecule has 0 atom stereocenters. The summed E-state index contributed by atoms with van der Waals surface area (Å²) in [6, 6.07) is 7.85. The molecule has 0 fully saturated rings. The summed E-state index contributed by atoms with van der Waals surface area (Å²) in [7, 11) is 0. The first-order valence-corrected chi connectivity index (χ1v) is 6.15. The fraction of sp³-hybridized carbons (Fsp3) is 0.0714. The molecule has 1 aromatic carbocycles. The molecule has 106 valence electrons. The van der Waals surface area contributed by atoms with E-state index < -0.39 is 5.91 Å². The number of rotatable bonds is 4. The summed E-state index contributed by atoms with van der Waals surface area (Å²) in [5, 5.41) is 4.10. The van der Waals surface area contributed by atoms with Crippen molar-refractivity contribution in [1.29, 1.82) is 0 Å². The van der Waals surface area contributed by atoms with Crippen LogP contribution in [-0.2, 0) is 6.54 Å². The fourth-order valence-corrected chi connectivity index (χ4v) is 1.99. The maximum absolute atomic E-state index is 13.7. The Kier molecular flexibility index (Phi) is 3.23. The van der Waals surface area contributed by atoms with Crippen LogP contribution in [0.25, 0.3) is 11.4 Å². The van der Waals surface area contributed by atoms with Crippen molar-refractivity contribution in [3.8, 4) is 11.4 Å². The molecule has 0 unspecified atom stereocenters. The molecule has 3 rings (SSSR count). The normalized spacial score (nSPS) is 10.7. The maximum atomic E-state index is 13.7. The summed E-state index contributed by atoms with van der Waals surface area (Å²) in [6.45, 7) is 0.155. The van der Waals surface area contributed by atoms with E-state index in [1.165, 1.54) is 29.5 Å². The number of halogens is 1. The Morgan fingerprint density at radius 1 is 1.38 bits per heavy atom. The number of hydrogen-bond acceptors (Lipinski definition) is 4. The molecular formula is C14H11FN4O2. The largest absolute Gasteiger partial charge is 0.451 e. The lowest BCUT2D eigenvalue weighted by Gasteiger charge is -2.06. The SMILES string of the molecule is NC(=O)c1cc(-c2cocn2)n(Cc2ccccc2F)n1. The quantitative estimate of drug-likeness (QED) is 0.792. The van der Waals surface area contributed by atoms with Gasteiger partial charge in [0.1, 0.15) is 17.8 Å². The van der Waals surface area contributed by atoms with Gasteiger partial charge < -0.3 is 10.2 Å². The first-order chi connectivity index (χ1) is 10.1. The van der Waals surface area contributed by atoms with Crippen LogP contribution in [-0.4, -0.2) is 20.7 Å². The third kappa shape index (κ3) is 2.53. The molecule has 1 amide bonds. The third-order valence-electron chi connectivity index (χ3n) is 3.01. The number of nitrogens with two attached hydrogens (primary N) is 1. The predicted octanol–water partition coefficient (Wildman–Crippen LogP) is 1.82. The molecule has 7 heteroatoms. The van der Waals surface area contributed by atoms with Crippen molar-refractivity contribution in [3.63, 3.8) is 0 Å². The van der Waals surface area contributed by atoms with Crippen molar-refractivity contribution in [3.05, 3.63) is 60.1 Å². The zero-order chi connectivity index (χ0) is 14.8. The van der Waals surface area contributed by atoms with E-state index in [-0.39, 0.29) is 18.1 Å². The molecule has 0 bridgehead atoms. The van der Waals surface area contributed by atoms with Crippen LogP contribution in [0.3, 0.4) is 0 Å². The van der Waals surface area contributed by atoms with Crippen molar-refractivity contribution in [1.82, 2.24) is 14.8 Å². The zero-order valence-electron chi connectivity index (χ0n) is 10.9. The van der Waals surface area contributed by atoms with Gasteiger partial charge in [-0.1, -0.05) is 18.2 Å². The van der Waals surface area contributed by atoms with Crippen LogP contribution in [0.1, 0.15) is 16.1 Å². The molecule has 0 aliphatic heterocycles. The molecule has 0 aliphatic carbocycles. The lowest BCUT2D eigenvalue weighted by atomic mass is 10.2. The minimum atomic E-state index is -0.660. The van der Waals surface area contributed by atoms with Gasteiger partial charge >= 0.3 is 0 Å². The average Bonchev–Trinajstić information content (AvgIpc) is 3.10. The highest BCUT2D eigenvalue weighted by Crippen LogP contribution is 2.20. The van der Waals surface area contributed by atoms with Crippen molar-refractivity contribution in [2.75, 3.05) is 0 Å². The van der Waals surface area contributed by atoms with E-state index in [2.05, 4.69) is 10.1 Å². The number of amides is 1. The number of benzene rings is 1. The summed E-state index contributed by atoms with van der Waals surface area (Å²) in [4.78, 5) is 15.3. The molecule has 2 heterocycles. The zero-order valence-corrected chi connectivity index (χ0v) is 10.9. The van der Waals surface area contributed by atoms with Gasteiger partial charge in [-0.05, 0) is 12.1 Å². The minimum Gasteiger partial charge on any atom is -0.451 e. The number of carbonyl (C=O) groups excluding carboxylic acids is 1. The minimum absolute atomic E-state index is 0.0874. The molecule has 2 N–H and O–H groups in total. The number of oxazole rings is 1. The molecule has 6 nitrogen and oxygen atoms in total. The lowest BCUT2D eigenvalue weighted by Crippen LogP contribution is -2.13. The topological polar surface area (TPSA) is 86.9 Å². The molecule has 3 aromatic rings. The first-order valence-electron chi connectivity index (χ1n) is 6.15. The van der Waals surface area contributed by atoms with Gasteiger partial charge in [0.05, 0.1) is 12.2 Å². The van der Waals surface area contributed by atoms with Crippen LogP contribution in [0.15, 0.2) is 47.4 Å². The van der Waals surface area contributed by atoms with Crippen LogP contribution in [0.4, 0.5) is 4.39 Å². The highest BCUT2D eigenvalue weighted by atomic mass is 19.1. The predicted molar refractivity (Wildman–Crippen MR) is 71.7 cm³/mol. The van der Waals surface area contributed by atoms with Gasteiger partial charge in [0.25, 0.3) is 5.91 Å². The smallest absolute Gasteiger partial charge is 0.269 e. The molecule has 0 saturated carbocycles. The van der Waals surface area contributed by atoms with Crippen molar-refractivity contribution >= 4 is 5.91 Å². The summed E-state index contributed by atoms with van der Waals surface area (Å²) in [5.41, 5.74) is 6.79. The van der Waals surface area contributed by atoms with Gasteiger partial charge in [-0.2, -0.15) is 5.10 Å². The van der Waals surface area contributed by atoms with Gasteiger partial charge in [-0.15, -0.1) is 0 Å². The van der Waals surface area contributed by atoms with E-state index in [0.29, 0.717) is 17.0 Å². The van der Waals surface area contributed by atoms with Crippen LogP contribution in [0.2, 0.25) is 0 Å². The highest BCUT2D eigenvalue weighted by Gasteiger charge is 2.16. The monoisotopic (exact) mass is 286 g/mol. The van der Waals surface area contributed by atoms with Gasteiger partial charge in [0.2, 0.25) is 0 Å². The van der Waals surface area contributed by atoms with E-state index in [9.17, 15) is 9.18 Å². The highest BCUT2D eigenvalue weighted by molar-refractivity contribution is 5.91. The molecule has 0 aliphatic rings. The van der Waals surface area contributed by atoms with Crippen LogP contribution >= 0.6 is 0 Å². The van der Waals surface area contributed by atoms with E-state index in [0.717, 1.165) is 0 Å². The van der Waals surface area contributed by atoms with Gasteiger partial charge in [-0.3, -0.25) is 9.48 Å². The van der Waals surface area contributed by atoms with Crippen LogP contribution in [0, 0.1) is 5.82 Å². The standard InChI is InChI=1S/C14H11FN4O2/c15-10-4-2-1-3-9(10)6-19-13(12-7-21-8-17-12)5-11(18-19)14(16)20/h1-5,7-8H,6H2,(H2,16,20). The second-order valence-corrected chi connectivity index (χ2v) is 4.40. The molecule has 0 radical (unpaired) electrons. The third-order valence-corrected chi connectivity index (χ3v) is 3.01. The van der Waals surface area contributed by atoms with Crippen molar-refractivity contribution < 1.29 is 13.6 Å². The second kappa shape index (κ2) is 5.20. The Labute approximate surface area is 119 Å². The summed E-state index contributed by atoms with van der Waals surface area (Å²) in [6.07, 6.45) is 2.68. The van der Waals surface area contributed by atoms with Crippen LogP contribution < -0.4 is 5.73 Å². The Hall–Kier alpha value is -2.96. The molecule has 0 saturated heterocycles. The molecule has 2 aromatic heterocycles.